The second kappa shape index (κ2) is 19.4. The topological polar surface area (TPSA) is 136 Å². The molecule has 0 aliphatic rings. The van der Waals surface area contributed by atoms with Crippen LogP contribution in [0, 0.1) is 6.92 Å². The van der Waals surface area contributed by atoms with Crippen LogP contribution in [0.2, 0.25) is 0 Å². The minimum Gasteiger partial charge on any atom is -0.488 e. The first-order valence-corrected chi connectivity index (χ1v) is 21.3. The molecule has 0 radical (unpaired) electrons. The highest BCUT2D eigenvalue weighted by atomic mass is 32.2. The largest absolute Gasteiger partial charge is 0.488 e. The van der Waals surface area contributed by atoms with E-state index < -0.39 is 34.4 Å². The van der Waals surface area contributed by atoms with Gasteiger partial charge in [-0.1, -0.05) is 133 Å². The van der Waals surface area contributed by atoms with Crippen LogP contribution in [-0.2, 0) is 39.3 Å². The number of benzene rings is 7. The van der Waals surface area contributed by atoms with Crippen LogP contribution in [0.25, 0.3) is 22.3 Å². The smallest absolute Gasteiger partial charge is 0.342 e. The van der Waals surface area contributed by atoms with E-state index in [-0.39, 0.29) is 36.0 Å². The number of primary amides is 1. The summed E-state index contributed by atoms with van der Waals surface area (Å²) in [7, 11) is -2.68. The average Bonchev–Trinajstić information content (AvgIpc) is 3.30. The molecule has 62 heavy (non-hydrogen) atoms. The van der Waals surface area contributed by atoms with Gasteiger partial charge in [-0.05, 0) is 88.3 Å². The number of nitrogens with two attached hydrogens (primary N) is 1. The minimum atomic E-state index is -4.05. The lowest BCUT2D eigenvalue weighted by molar-refractivity contribution is -0.118. The van der Waals surface area contributed by atoms with Crippen LogP contribution >= 0.6 is 0 Å². The maximum absolute atomic E-state index is 14.6. The molecule has 7 aromatic rings. The normalized spacial score (nSPS) is 11.2. The van der Waals surface area contributed by atoms with E-state index in [1.807, 2.05) is 128 Å². The molecule has 2 N–H and O–H groups in total. The van der Waals surface area contributed by atoms with Crippen LogP contribution in [0.5, 0.6) is 5.75 Å². The molecule has 0 spiro atoms. The van der Waals surface area contributed by atoms with Crippen LogP contribution in [0.3, 0.4) is 0 Å². The quantitative estimate of drug-likeness (QED) is 0.0959. The fourth-order valence-electron chi connectivity index (χ4n) is 6.87. The first-order chi connectivity index (χ1) is 30.0. The van der Waals surface area contributed by atoms with Crippen molar-refractivity contribution in [3.8, 4) is 28.0 Å². The number of anilines is 1. The maximum Gasteiger partial charge on any atom is 0.342 e. The van der Waals surface area contributed by atoms with Crippen LogP contribution in [0.15, 0.2) is 181 Å². The van der Waals surface area contributed by atoms with Gasteiger partial charge < -0.3 is 20.1 Å². The number of carbonyl (C=O) groups excluding carboxylic acids is 3. The third-order valence-corrected chi connectivity index (χ3v) is 12.1. The third kappa shape index (κ3) is 10.3. The van der Waals surface area contributed by atoms with Gasteiger partial charge in [-0.2, -0.15) is 4.31 Å². The minimum absolute atomic E-state index is 0.0217. The summed E-state index contributed by atoms with van der Waals surface area (Å²) in [5.41, 5.74) is 13.3. The number of ether oxygens (including phenoxy) is 2. The Kier molecular flexibility index (Phi) is 13.4. The Balaban J connectivity index is 1.28. The second-order valence-electron chi connectivity index (χ2n) is 14.8. The number of esters is 1. The molecule has 0 aromatic heterocycles. The van der Waals surface area contributed by atoms with Crippen molar-refractivity contribution in [1.29, 1.82) is 0 Å². The van der Waals surface area contributed by atoms with Crippen LogP contribution in [-0.4, -0.2) is 44.1 Å². The molecule has 0 aliphatic carbocycles. The molecule has 0 heterocycles. The summed E-state index contributed by atoms with van der Waals surface area (Å²) in [4.78, 5) is 41.7. The molecule has 312 valence electrons. The molecule has 0 saturated heterocycles. The highest BCUT2D eigenvalue weighted by Gasteiger charge is 2.28. The molecule has 11 heteroatoms. The van der Waals surface area contributed by atoms with Crippen LogP contribution in [0.4, 0.5) is 5.69 Å². The van der Waals surface area contributed by atoms with Crippen molar-refractivity contribution in [1.82, 2.24) is 4.31 Å². The first-order valence-electron chi connectivity index (χ1n) is 19.9. The Hall–Kier alpha value is -7.34. The molecule has 0 bridgehead atoms. The summed E-state index contributed by atoms with van der Waals surface area (Å²) in [5, 5.41) is 0. The summed E-state index contributed by atoms with van der Waals surface area (Å²) < 4.78 is 40.5. The van der Waals surface area contributed by atoms with Crippen molar-refractivity contribution < 1.29 is 32.3 Å². The van der Waals surface area contributed by atoms with Crippen molar-refractivity contribution in [3.05, 3.63) is 209 Å². The Morgan fingerprint density at radius 3 is 1.84 bits per heavy atom. The van der Waals surface area contributed by atoms with Crippen molar-refractivity contribution in [2.45, 2.75) is 31.6 Å². The fourth-order valence-corrected chi connectivity index (χ4v) is 7.99. The Morgan fingerprint density at radius 1 is 0.613 bits per heavy atom. The summed E-state index contributed by atoms with van der Waals surface area (Å²) in [6.07, 6.45) is 0. The number of hydrogen-bond acceptors (Lipinski definition) is 7. The molecule has 0 unspecified atom stereocenters. The number of hydrogen-bond donors (Lipinski definition) is 1. The second-order valence-corrected chi connectivity index (χ2v) is 16.8. The van der Waals surface area contributed by atoms with Gasteiger partial charge in [0.25, 0.3) is 0 Å². The molecular weight excluding hydrogens is 799 g/mol. The standard InChI is InChI=1S/C51H45N3O7S/c1-36-18-26-44(27-19-36)62(58,59)53(2)33-49(55)54(32-39-20-28-45(41-21-23-42(24-22-41)50(52)56)47(30-39)40-16-10-5-11-17-40)43-25-29-46(51(57)61-35-38-14-8-4-9-15-38)48(31-43)60-34-37-12-6-3-7-13-37/h3-31H,32-35H2,1-2H3,(H2,52,56). The van der Waals surface area contributed by atoms with E-state index in [1.54, 1.807) is 42.5 Å². The van der Waals surface area contributed by atoms with Gasteiger partial charge in [-0.15, -0.1) is 0 Å². The summed E-state index contributed by atoms with van der Waals surface area (Å²) in [6, 6.07) is 52.7. The van der Waals surface area contributed by atoms with Gasteiger partial charge in [0.15, 0.2) is 0 Å². The SMILES string of the molecule is Cc1ccc(S(=O)(=O)N(C)CC(=O)N(Cc2ccc(-c3ccc(C(N)=O)cc3)c(-c3ccccc3)c2)c2ccc(C(=O)OCc3ccccc3)c(OCc3ccccc3)c2)cc1. The number of amides is 2. The molecule has 7 aromatic carbocycles. The molecule has 0 aliphatic heterocycles. The van der Waals surface area contributed by atoms with Gasteiger partial charge in [0.1, 0.15) is 24.5 Å². The van der Waals surface area contributed by atoms with Crippen LogP contribution < -0.4 is 15.4 Å². The number of nitrogens with zero attached hydrogens (tertiary/aromatic N) is 2. The number of sulfonamides is 1. The van der Waals surface area contributed by atoms with Crippen molar-refractivity contribution in [3.63, 3.8) is 0 Å². The van der Waals surface area contributed by atoms with E-state index >= 15 is 0 Å². The van der Waals surface area contributed by atoms with Gasteiger partial charge in [0.05, 0.1) is 18.0 Å². The summed E-state index contributed by atoms with van der Waals surface area (Å²) in [6.45, 7) is 1.56. The average molecular weight is 844 g/mol. The van der Waals surface area contributed by atoms with Crippen LogP contribution in [0.1, 0.15) is 43.0 Å². The van der Waals surface area contributed by atoms with E-state index in [2.05, 4.69) is 0 Å². The lowest BCUT2D eigenvalue weighted by Gasteiger charge is -2.27. The Morgan fingerprint density at radius 2 is 1.21 bits per heavy atom. The van der Waals surface area contributed by atoms with Crippen molar-refractivity contribution in [2.75, 3.05) is 18.5 Å². The van der Waals surface area contributed by atoms with Crippen molar-refractivity contribution in [2.24, 2.45) is 5.73 Å². The predicted octanol–water partition coefficient (Wildman–Crippen LogP) is 9.22. The van der Waals surface area contributed by atoms with E-state index in [1.165, 1.54) is 24.1 Å². The maximum atomic E-state index is 14.6. The van der Waals surface area contributed by atoms with E-state index in [0.717, 1.165) is 48.8 Å². The predicted molar refractivity (Wildman–Crippen MR) is 241 cm³/mol. The van der Waals surface area contributed by atoms with E-state index in [0.29, 0.717) is 11.3 Å². The zero-order valence-corrected chi connectivity index (χ0v) is 35.1. The molecular formula is C51H45N3O7S. The van der Waals surface area contributed by atoms with Gasteiger partial charge >= 0.3 is 5.97 Å². The lowest BCUT2D eigenvalue weighted by Crippen LogP contribution is -2.41. The van der Waals surface area contributed by atoms with E-state index in [4.69, 9.17) is 15.2 Å². The monoisotopic (exact) mass is 843 g/mol. The molecule has 10 nitrogen and oxygen atoms in total. The first kappa shape index (κ1) is 42.8. The number of carbonyl (C=O) groups is 3. The van der Waals surface area contributed by atoms with Gasteiger partial charge in [-0.25, -0.2) is 13.2 Å². The van der Waals surface area contributed by atoms with Gasteiger partial charge in [0, 0.05) is 24.4 Å². The molecule has 0 saturated carbocycles. The fraction of sp³-hybridized carbons (Fsp3) is 0.118. The number of likely N-dealkylation sites (N-methyl/N-ethyl adjacent to an activating group) is 1. The third-order valence-electron chi connectivity index (χ3n) is 10.3. The molecule has 2 amide bonds. The summed E-state index contributed by atoms with van der Waals surface area (Å²) >= 11 is 0. The summed E-state index contributed by atoms with van der Waals surface area (Å²) in [5.74, 6) is -1.48. The Labute approximate surface area is 361 Å². The molecule has 0 fully saturated rings. The highest BCUT2D eigenvalue weighted by Crippen LogP contribution is 2.35. The zero-order valence-electron chi connectivity index (χ0n) is 34.3. The lowest BCUT2D eigenvalue weighted by atomic mass is 9.92. The highest BCUT2D eigenvalue weighted by molar-refractivity contribution is 7.89. The molecule has 7 rings (SSSR count). The Bertz CT molecular complexity index is 2780. The van der Waals surface area contributed by atoms with Gasteiger partial charge in [-0.3, -0.25) is 9.59 Å². The van der Waals surface area contributed by atoms with E-state index in [9.17, 15) is 22.8 Å². The van der Waals surface area contributed by atoms with Gasteiger partial charge in [0.2, 0.25) is 21.8 Å². The zero-order chi connectivity index (χ0) is 43.6. The van der Waals surface area contributed by atoms with Crippen molar-refractivity contribution >= 4 is 33.5 Å². The molecule has 0 atom stereocenters. The number of aryl methyl sites for hydroxylation is 1. The number of rotatable bonds is 16.